The van der Waals surface area contributed by atoms with Gasteiger partial charge in [-0.25, -0.2) is 8.42 Å². The Hall–Kier alpha value is -2.40. The number of sulfonamides is 1. The van der Waals surface area contributed by atoms with Gasteiger partial charge in [0, 0.05) is 11.9 Å². The summed E-state index contributed by atoms with van der Waals surface area (Å²) in [4.78, 5) is 32.9. The van der Waals surface area contributed by atoms with Crippen molar-refractivity contribution in [1.82, 2.24) is 4.47 Å². The van der Waals surface area contributed by atoms with Crippen molar-refractivity contribution >= 4 is 23.3 Å². The number of hydrogen-bond acceptors (Lipinski definition) is 6. The van der Waals surface area contributed by atoms with E-state index in [1.54, 1.807) is 30.3 Å². The van der Waals surface area contributed by atoms with Crippen molar-refractivity contribution in [3.8, 4) is 0 Å². The lowest BCUT2D eigenvalue weighted by atomic mass is 10.2. The van der Waals surface area contributed by atoms with E-state index >= 15 is 0 Å². The highest BCUT2D eigenvalue weighted by atomic mass is 32.2. The summed E-state index contributed by atoms with van der Waals surface area (Å²) in [6.07, 6.45) is 0.915. The molecule has 2 aromatic carbocycles. The van der Waals surface area contributed by atoms with Crippen LogP contribution in [-0.2, 0) is 26.0 Å². The molecular weight excluding hydrogens is 411 g/mol. The lowest BCUT2D eigenvalue weighted by Crippen LogP contribution is -2.32. The fraction of sp³-hybridized carbons (Fsp3) is 0.125. The van der Waals surface area contributed by atoms with Gasteiger partial charge >= 0.3 is 7.60 Å². The Kier molecular flexibility index (Phi) is 7.19. The van der Waals surface area contributed by atoms with Gasteiger partial charge < -0.3 is 9.79 Å². The van der Waals surface area contributed by atoms with E-state index in [1.807, 2.05) is 0 Å². The second-order valence-electron chi connectivity index (χ2n) is 5.45. The van der Waals surface area contributed by atoms with Gasteiger partial charge in [0.05, 0.1) is 18.1 Å². The molecule has 0 saturated carbocycles. The Morgan fingerprint density at radius 1 is 1.11 bits per heavy atom. The number of nitro groups is 1. The molecule has 10 nitrogen and oxygen atoms in total. The Morgan fingerprint density at radius 2 is 1.71 bits per heavy atom. The van der Waals surface area contributed by atoms with Gasteiger partial charge in [-0.1, -0.05) is 53.0 Å². The monoisotopic (exact) mass is 428 g/mol. The van der Waals surface area contributed by atoms with Gasteiger partial charge in [-0.2, -0.15) is 0 Å². The van der Waals surface area contributed by atoms with Crippen LogP contribution in [0, 0.1) is 10.1 Å². The van der Waals surface area contributed by atoms with Crippen LogP contribution < -0.4 is 0 Å². The van der Waals surface area contributed by atoms with E-state index < -0.39 is 39.7 Å². The first-order chi connectivity index (χ1) is 13.1. The highest BCUT2D eigenvalue weighted by molar-refractivity contribution is 7.89. The molecule has 150 valence electrons. The minimum atomic E-state index is -4.51. The molecule has 12 heteroatoms. The number of benzene rings is 2. The third-order valence-corrected chi connectivity index (χ3v) is 5.67. The average molecular weight is 428 g/mol. The predicted molar refractivity (Wildman–Crippen MR) is 99.4 cm³/mol. The molecule has 0 spiro atoms. The van der Waals surface area contributed by atoms with E-state index in [2.05, 4.69) is 0 Å². The van der Waals surface area contributed by atoms with Gasteiger partial charge in [-0.3, -0.25) is 19.5 Å². The Morgan fingerprint density at radius 3 is 2.32 bits per heavy atom. The third kappa shape index (κ3) is 6.06. The highest BCUT2D eigenvalue weighted by Crippen LogP contribution is 2.36. The molecular formula is C16H17N2O8PS. The minimum absolute atomic E-state index is 0.176. The summed E-state index contributed by atoms with van der Waals surface area (Å²) in [6.45, 7) is -0.739. The van der Waals surface area contributed by atoms with Crippen molar-refractivity contribution in [2.75, 3.05) is 6.54 Å². The summed E-state index contributed by atoms with van der Waals surface area (Å²) in [5.41, 5.74) is -0.0148. The average Bonchev–Trinajstić information content (AvgIpc) is 2.64. The van der Waals surface area contributed by atoms with Crippen LogP contribution in [0.15, 0.2) is 71.4 Å². The molecule has 2 aromatic rings. The highest BCUT2D eigenvalue weighted by Gasteiger charge is 2.32. The number of rotatable bonds is 9. The van der Waals surface area contributed by atoms with Crippen LogP contribution in [0.1, 0.15) is 5.56 Å². The van der Waals surface area contributed by atoms with Crippen LogP contribution >= 0.6 is 7.60 Å². The smallest absolute Gasteiger partial charge is 0.321 e. The molecule has 0 amide bonds. The zero-order valence-electron chi connectivity index (χ0n) is 14.4. The molecule has 0 bridgehead atoms. The van der Waals surface area contributed by atoms with Crippen LogP contribution in [0.4, 0.5) is 5.69 Å². The van der Waals surface area contributed by atoms with Crippen molar-refractivity contribution in [2.45, 2.75) is 11.5 Å². The normalized spacial score (nSPS) is 12.5. The molecule has 0 radical (unpaired) electrons. The van der Waals surface area contributed by atoms with Gasteiger partial charge in [-0.05, 0) is 11.6 Å². The number of nitro benzene ring substituents is 1. The molecule has 0 fully saturated rings. The zero-order chi connectivity index (χ0) is 20.8. The lowest BCUT2D eigenvalue weighted by Gasteiger charge is -2.20. The Bertz CT molecular complexity index is 1000. The fourth-order valence-electron chi connectivity index (χ4n) is 2.15. The van der Waals surface area contributed by atoms with Gasteiger partial charge in [0.2, 0.25) is 0 Å². The first kappa shape index (κ1) is 21.9. The summed E-state index contributed by atoms with van der Waals surface area (Å²) in [5, 5.41) is 11.2. The van der Waals surface area contributed by atoms with E-state index in [4.69, 9.17) is 14.6 Å². The Labute approximate surface area is 161 Å². The largest absolute Gasteiger partial charge is 0.348 e. The van der Waals surface area contributed by atoms with Crippen molar-refractivity contribution in [3.05, 3.63) is 82.2 Å². The molecule has 2 rings (SSSR count). The minimum Gasteiger partial charge on any atom is -0.321 e. The molecule has 28 heavy (non-hydrogen) atoms. The predicted octanol–water partition coefficient (Wildman–Crippen LogP) is 2.41. The molecule has 0 aliphatic rings. The van der Waals surface area contributed by atoms with Gasteiger partial charge in [0.25, 0.3) is 15.7 Å². The van der Waals surface area contributed by atoms with Crippen LogP contribution in [0.3, 0.4) is 0 Å². The second kappa shape index (κ2) is 9.20. The zero-order valence-corrected chi connectivity index (χ0v) is 16.1. The van der Waals surface area contributed by atoms with Crippen molar-refractivity contribution in [3.63, 3.8) is 0 Å². The quantitative estimate of drug-likeness (QED) is 0.352. The summed E-state index contributed by atoms with van der Waals surface area (Å²) in [5.74, 6) is 0.529. The molecule has 2 N–H and O–H groups in total. The summed E-state index contributed by atoms with van der Waals surface area (Å²) in [6, 6.07) is 13.3. The van der Waals surface area contributed by atoms with E-state index in [1.165, 1.54) is 12.1 Å². The third-order valence-electron chi connectivity index (χ3n) is 3.38. The number of para-hydroxylation sites is 1. The number of hydrogen-bond donors (Lipinski definition) is 2. The standard InChI is InChI=1S/C16H17N2O8PS/c19-18(20)15-9-4-5-10-16(15)28(24,25)17(11-6-12-27(21,22)23)26-13-14-7-2-1-3-8-14/h1-10,12H,11,13H2,(H2,21,22,23). The summed E-state index contributed by atoms with van der Waals surface area (Å²) < 4.78 is 37.2. The molecule has 0 aliphatic heterocycles. The fourth-order valence-corrected chi connectivity index (χ4v) is 3.87. The maximum Gasteiger partial charge on any atom is 0.348 e. The van der Waals surface area contributed by atoms with Crippen molar-refractivity contribution in [1.29, 1.82) is 0 Å². The first-order valence-electron chi connectivity index (χ1n) is 7.77. The van der Waals surface area contributed by atoms with E-state index in [9.17, 15) is 23.1 Å². The van der Waals surface area contributed by atoms with Crippen LogP contribution in [0.5, 0.6) is 0 Å². The Balaban J connectivity index is 2.37. The number of nitrogens with zero attached hydrogens (tertiary/aromatic N) is 2. The van der Waals surface area contributed by atoms with Crippen LogP contribution in [0.2, 0.25) is 0 Å². The molecule has 0 atom stereocenters. The molecule has 0 aliphatic carbocycles. The van der Waals surface area contributed by atoms with Crippen molar-refractivity contribution in [2.24, 2.45) is 0 Å². The maximum absolute atomic E-state index is 12.9. The molecule has 0 aromatic heterocycles. The summed E-state index contributed by atoms with van der Waals surface area (Å²) in [7, 11) is -9.01. The van der Waals surface area contributed by atoms with E-state index in [0.29, 0.717) is 15.8 Å². The molecule has 0 saturated heterocycles. The first-order valence-corrected chi connectivity index (χ1v) is 10.9. The van der Waals surface area contributed by atoms with Crippen LogP contribution in [-0.4, -0.2) is 34.1 Å². The number of hydroxylamine groups is 1. The van der Waals surface area contributed by atoms with Gasteiger partial charge in [0.1, 0.15) is 0 Å². The van der Waals surface area contributed by atoms with Crippen LogP contribution in [0.25, 0.3) is 0 Å². The van der Waals surface area contributed by atoms with E-state index in [-0.39, 0.29) is 6.61 Å². The van der Waals surface area contributed by atoms with Gasteiger partial charge in [-0.15, -0.1) is 0 Å². The molecule has 0 heterocycles. The second-order valence-corrected chi connectivity index (χ2v) is 8.72. The summed E-state index contributed by atoms with van der Waals surface area (Å²) >= 11 is 0. The lowest BCUT2D eigenvalue weighted by molar-refractivity contribution is -0.387. The topological polar surface area (TPSA) is 147 Å². The maximum atomic E-state index is 12.9. The molecule has 0 unspecified atom stereocenters. The van der Waals surface area contributed by atoms with E-state index in [0.717, 1.165) is 18.2 Å². The van der Waals surface area contributed by atoms with Crippen molar-refractivity contribution < 1.29 is 32.5 Å². The van der Waals surface area contributed by atoms with Gasteiger partial charge in [0.15, 0.2) is 4.90 Å². The SMILES string of the molecule is O=[N+]([O-])c1ccccc1S(=O)(=O)N(CC=CP(=O)(O)O)OCc1ccccc1.